The summed E-state index contributed by atoms with van der Waals surface area (Å²) in [6.45, 7) is 10.6. The van der Waals surface area contributed by atoms with Gasteiger partial charge in [0, 0.05) is 37.2 Å². The summed E-state index contributed by atoms with van der Waals surface area (Å²) in [4.78, 5) is 22.1. The fraction of sp³-hybridized carbons (Fsp3) is 0.391. The van der Waals surface area contributed by atoms with Crippen LogP contribution >= 0.6 is 0 Å². The maximum absolute atomic E-state index is 13.0. The Balaban J connectivity index is 1.58. The van der Waals surface area contributed by atoms with Crippen LogP contribution in [0, 0.1) is 0 Å². The number of anilines is 2. The topological polar surface area (TPSA) is 94.6 Å². The van der Waals surface area contributed by atoms with Crippen LogP contribution in [0.15, 0.2) is 41.5 Å². The molecule has 5 rings (SSSR count). The molecule has 1 aromatic carbocycles. The van der Waals surface area contributed by atoms with Crippen molar-refractivity contribution in [3.05, 3.63) is 58.1 Å². The van der Waals surface area contributed by atoms with Crippen LogP contribution in [0.4, 0.5) is 11.6 Å². The first-order chi connectivity index (χ1) is 15.3. The van der Waals surface area contributed by atoms with Crippen LogP contribution in [0.2, 0.25) is 0 Å². The third-order valence-electron chi connectivity index (χ3n) is 5.80. The van der Waals surface area contributed by atoms with Gasteiger partial charge in [0.05, 0.1) is 5.54 Å². The highest BCUT2D eigenvalue weighted by atomic mass is 16.1. The number of nitrogens with zero attached hydrogens (tertiary/aromatic N) is 6. The van der Waals surface area contributed by atoms with Gasteiger partial charge in [-0.25, -0.2) is 14.3 Å². The molecule has 9 heteroatoms. The first-order valence-corrected chi connectivity index (χ1v) is 11.0. The SMILES string of the molecule is CCn1c(=O)c2cnc(Nc3ccc4c(c3)CNCC4)nc2n1-c1ccn(C(C)(C)C)n1. The molecule has 32 heavy (non-hydrogen) atoms. The molecule has 0 saturated heterocycles. The van der Waals surface area contributed by atoms with E-state index < -0.39 is 0 Å². The Hall–Kier alpha value is -3.46. The molecule has 1 aliphatic rings. The molecule has 2 N–H and O–H groups in total. The summed E-state index contributed by atoms with van der Waals surface area (Å²) in [6.07, 6.45) is 4.56. The van der Waals surface area contributed by atoms with E-state index in [1.165, 1.54) is 11.1 Å². The van der Waals surface area contributed by atoms with Gasteiger partial charge in [0.2, 0.25) is 5.95 Å². The molecule has 0 aliphatic carbocycles. The lowest BCUT2D eigenvalue weighted by Gasteiger charge is -2.19. The zero-order chi connectivity index (χ0) is 22.5. The second kappa shape index (κ2) is 7.59. The number of fused-ring (bicyclic) bond motifs is 2. The quantitative estimate of drug-likeness (QED) is 0.515. The summed E-state index contributed by atoms with van der Waals surface area (Å²) in [5, 5.41) is 11.9. The van der Waals surface area contributed by atoms with Crippen molar-refractivity contribution in [2.24, 2.45) is 0 Å². The molecule has 9 nitrogen and oxygen atoms in total. The highest BCUT2D eigenvalue weighted by Gasteiger charge is 2.20. The molecule has 0 amide bonds. The van der Waals surface area contributed by atoms with Gasteiger partial charge in [-0.1, -0.05) is 6.07 Å². The molecular weight excluding hydrogens is 404 g/mol. The Kier molecular flexibility index (Phi) is 4.85. The van der Waals surface area contributed by atoms with Crippen molar-refractivity contribution in [2.45, 2.75) is 52.7 Å². The van der Waals surface area contributed by atoms with E-state index in [0.29, 0.717) is 29.3 Å². The average Bonchev–Trinajstić information content (AvgIpc) is 3.36. The Labute approximate surface area is 186 Å². The van der Waals surface area contributed by atoms with Crippen LogP contribution in [0.1, 0.15) is 38.8 Å². The predicted molar refractivity (Wildman–Crippen MR) is 125 cm³/mol. The van der Waals surface area contributed by atoms with Gasteiger partial charge in [-0.3, -0.25) is 9.48 Å². The van der Waals surface area contributed by atoms with Crippen LogP contribution in [0.5, 0.6) is 0 Å². The average molecular weight is 433 g/mol. The molecule has 0 unspecified atom stereocenters. The molecule has 0 bridgehead atoms. The Bertz CT molecular complexity index is 1350. The maximum Gasteiger partial charge on any atom is 0.278 e. The van der Waals surface area contributed by atoms with Crippen LogP contribution in [0.25, 0.3) is 16.9 Å². The van der Waals surface area contributed by atoms with Gasteiger partial charge in [0.15, 0.2) is 11.5 Å². The molecular formula is C23H28N8O. The van der Waals surface area contributed by atoms with Crippen molar-refractivity contribution in [1.29, 1.82) is 0 Å². The monoisotopic (exact) mass is 432 g/mol. The normalized spacial score (nSPS) is 14.0. The molecule has 0 radical (unpaired) electrons. The number of rotatable bonds is 4. The van der Waals surface area contributed by atoms with Crippen molar-refractivity contribution < 1.29 is 0 Å². The van der Waals surface area contributed by atoms with E-state index >= 15 is 0 Å². The second-order valence-corrected chi connectivity index (χ2v) is 9.09. The number of hydrogen-bond donors (Lipinski definition) is 2. The van der Waals surface area contributed by atoms with E-state index in [2.05, 4.69) is 48.5 Å². The first-order valence-electron chi connectivity index (χ1n) is 11.0. The van der Waals surface area contributed by atoms with Gasteiger partial charge in [0.1, 0.15) is 5.39 Å². The minimum Gasteiger partial charge on any atom is -0.324 e. The fourth-order valence-electron chi connectivity index (χ4n) is 4.10. The second-order valence-electron chi connectivity index (χ2n) is 9.09. The smallest absolute Gasteiger partial charge is 0.278 e. The molecule has 4 heterocycles. The standard InChI is InChI=1S/C23H28N8O/c1-5-29-21(32)18-14-25-22(26-17-7-6-15-8-10-24-13-16(15)12-17)27-20(18)31(29)19-9-11-30(28-19)23(2,3)4/h6-7,9,11-12,14,24H,5,8,10,13H2,1-4H3,(H,25,26,27). The summed E-state index contributed by atoms with van der Waals surface area (Å²) in [7, 11) is 0. The predicted octanol–water partition coefficient (Wildman–Crippen LogP) is 2.94. The van der Waals surface area contributed by atoms with Gasteiger partial charge in [-0.05, 0) is 63.9 Å². The van der Waals surface area contributed by atoms with E-state index in [0.717, 1.165) is 25.2 Å². The highest BCUT2D eigenvalue weighted by Crippen LogP contribution is 2.23. The fourth-order valence-corrected chi connectivity index (χ4v) is 4.10. The number of hydrogen-bond acceptors (Lipinski definition) is 6. The van der Waals surface area contributed by atoms with Crippen molar-refractivity contribution in [3.63, 3.8) is 0 Å². The third kappa shape index (κ3) is 3.48. The van der Waals surface area contributed by atoms with Crippen LogP contribution in [-0.4, -0.2) is 35.7 Å². The number of aromatic nitrogens is 6. The third-order valence-corrected chi connectivity index (χ3v) is 5.80. The summed E-state index contributed by atoms with van der Waals surface area (Å²) in [6, 6.07) is 8.24. The van der Waals surface area contributed by atoms with E-state index in [9.17, 15) is 4.79 Å². The van der Waals surface area contributed by atoms with Crippen molar-refractivity contribution in [3.8, 4) is 5.82 Å². The summed E-state index contributed by atoms with van der Waals surface area (Å²) in [5.74, 6) is 1.09. The van der Waals surface area contributed by atoms with Crippen LogP contribution in [0.3, 0.4) is 0 Å². The first kappa shape index (κ1) is 20.4. The van der Waals surface area contributed by atoms with E-state index in [-0.39, 0.29) is 11.1 Å². The van der Waals surface area contributed by atoms with Gasteiger partial charge in [-0.2, -0.15) is 10.1 Å². The zero-order valence-electron chi connectivity index (χ0n) is 18.9. The Morgan fingerprint density at radius 1 is 1.19 bits per heavy atom. The Morgan fingerprint density at radius 3 is 2.78 bits per heavy atom. The van der Waals surface area contributed by atoms with E-state index in [1.807, 2.05) is 29.9 Å². The van der Waals surface area contributed by atoms with Gasteiger partial charge in [-0.15, -0.1) is 0 Å². The summed E-state index contributed by atoms with van der Waals surface area (Å²) >= 11 is 0. The molecule has 0 fully saturated rings. The van der Waals surface area contributed by atoms with Crippen molar-refractivity contribution in [1.82, 2.24) is 34.4 Å². The molecule has 3 aromatic heterocycles. The van der Waals surface area contributed by atoms with Crippen molar-refractivity contribution in [2.75, 3.05) is 11.9 Å². The van der Waals surface area contributed by atoms with E-state index in [4.69, 9.17) is 10.1 Å². The Morgan fingerprint density at radius 2 is 2.03 bits per heavy atom. The number of nitrogens with one attached hydrogen (secondary N) is 2. The lowest BCUT2D eigenvalue weighted by Crippen LogP contribution is -2.24. The molecule has 0 atom stereocenters. The molecule has 0 spiro atoms. The van der Waals surface area contributed by atoms with Gasteiger partial charge in [0.25, 0.3) is 5.56 Å². The largest absolute Gasteiger partial charge is 0.324 e. The van der Waals surface area contributed by atoms with Gasteiger partial charge >= 0.3 is 0 Å². The lowest BCUT2D eigenvalue weighted by molar-refractivity contribution is 0.353. The summed E-state index contributed by atoms with van der Waals surface area (Å²) < 4.78 is 5.31. The van der Waals surface area contributed by atoms with Gasteiger partial charge < -0.3 is 10.6 Å². The zero-order valence-corrected chi connectivity index (χ0v) is 18.9. The highest BCUT2D eigenvalue weighted by molar-refractivity contribution is 5.77. The van der Waals surface area contributed by atoms with E-state index in [1.54, 1.807) is 15.6 Å². The lowest BCUT2D eigenvalue weighted by atomic mass is 10.0. The van der Waals surface area contributed by atoms with Crippen LogP contribution in [-0.2, 0) is 25.0 Å². The minimum absolute atomic E-state index is 0.126. The van der Waals surface area contributed by atoms with Crippen LogP contribution < -0.4 is 16.2 Å². The molecule has 4 aromatic rings. The summed E-state index contributed by atoms with van der Waals surface area (Å²) in [5.41, 5.74) is 3.82. The number of benzene rings is 1. The minimum atomic E-state index is -0.165. The van der Waals surface area contributed by atoms with Crippen molar-refractivity contribution >= 4 is 22.7 Å². The maximum atomic E-state index is 13.0. The molecule has 0 saturated carbocycles. The molecule has 166 valence electrons. The molecule has 1 aliphatic heterocycles.